The molecule has 1 N–H and O–H groups in total. The molecule has 29 heavy (non-hydrogen) atoms. The third-order valence-electron chi connectivity index (χ3n) is 5.62. The van der Waals surface area contributed by atoms with Crippen LogP contribution in [0.3, 0.4) is 0 Å². The number of rotatable bonds is 4. The van der Waals surface area contributed by atoms with Crippen LogP contribution in [-0.2, 0) is 6.42 Å². The molecule has 7 nitrogen and oxygen atoms in total. The van der Waals surface area contributed by atoms with Crippen molar-refractivity contribution in [3.8, 4) is 5.69 Å². The van der Waals surface area contributed by atoms with E-state index in [2.05, 4.69) is 21.4 Å². The molecule has 0 radical (unpaired) electrons. The monoisotopic (exact) mass is 386 g/mol. The second-order valence-electron chi connectivity index (χ2n) is 7.53. The number of imidazole rings is 1. The van der Waals surface area contributed by atoms with Gasteiger partial charge in [0, 0.05) is 25.1 Å². The van der Waals surface area contributed by atoms with Crippen molar-refractivity contribution in [2.75, 3.05) is 13.1 Å². The molecule has 0 bridgehead atoms. The van der Waals surface area contributed by atoms with Crippen molar-refractivity contribution in [1.29, 1.82) is 0 Å². The number of piperidine rings is 1. The molecule has 7 heteroatoms. The Balaban J connectivity index is 1.19. The minimum absolute atomic E-state index is 0.0947. The largest absolute Gasteiger partial charge is 0.342 e. The molecule has 4 aromatic rings. The topological polar surface area (TPSA) is 79.7 Å². The summed E-state index contributed by atoms with van der Waals surface area (Å²) in [5.74, 6) is 1.69. The molecule has 1 aliphatic rings. The lowest BCUT2D eigenvalue weighted by Gasteiger charge is -2.31. The first-order valence-corrected chi connectivity index (χ1v) is 9.96. The van der Waals surface area contributed by atoms with Crippen LogP contribution in [0.1, 0.15) is 29.0 Å². The van der Waals surface area contributed by atoms with Crippen molar-refractivity contribution in [3.63, 3.8) is 0 Å². The summed E-state index contributed by atoms with van der Waals surface area (Å²) in [6, 6.07) is 15.6. The van der Waals surface area contributed by atoms with Gasteiger partial charge in [0.05, 0.1) is 29.1 Å². The molecule has 0 spiro atoms. The summed E-state index contributed by atoms with van der Waals surface area (Å²) in [6.45, 7) is 1.57. The number of fused-ring (bicyclic) bond motifs is 1. The zero-order valence-corrected chi connectivity index (χ0v) is 16.0. The average molecular weight is 386 g/mol. The molecule has 3 heterocycles. The quantitative estimate of drug-likeness (QED) is 0.584. The second-order valence-corrected chi connectivity index (χ2v) is 7.53. The van der Waals surface area contributed by atoms with Gasteiger partial charge in [-0.15, -0.1) is 5.10 Å². The molecule has 0 atom stereocenters. The predicted molar refractivity (Wildman–Crippen MR) is 110 cm³/mol. The number of amides is 1. The Morgan fingerprint density at radius 2 is 1.86 bits per heavy atom. The van der Waals surface area contributed by atoms with E-state index in [4.69, 9.17) is 4.98 Å². The maximum Gasteiger partial charge on any atom is 0.253 e. The zero-order chi connectivity index (χ0) is 19.6. The van der Waals surface area contributed by atoms with Crippen LogP contribution in [0.4, 0.5) is 0 Å². The minimum atomic E-state index is 0.0947. The molecular formula is C22H22N6O. The number of nitrogens with one attached hydrogen (secondary N) is 1. The van der Waals surface area contributed by atoms with E-state index >= 15 is 0 Å². The van der Waals surface area contributed by atoms with E-state index in [9.17, 15) is 4.79 Å². The number of aromatic amines is 1. The van der Waals surface area contributed by atoms with Gasteiger partial charge in [0.1, 0.15) is 5.82 Å². The standard InChI is InChI=1S/C22H22N6O/c29-22(17-5-7-18(8-6-17)28-14-11-23-26-28)27-12-9-16(10-13-27)15-21-24-19-3-1-2-4-20(19)25-21/h1-8,11,14,16H,9-10,12-13,15H2,(H,24,25). The molecule has 0 unspecified atom stereocenters. The molecule has 0 aliphatic carbocycles. The number of carbonyl (C=O) groups excluding carboxylic acids is 1. The number of H-pyrrole nitrogens is 1. The van der Waals surface area contributed by atoms with Crippen LogP contribution < -0.4 is 0 Å². The predicted octanol–water partition coefficient (Wildman–Crippen LogP) is 3.24. The number of carbonyl (C=O) groups is 1. The Bertz CT molecular complexity index is 1070. The maximum atomic E-state index is 12.9. The lowest BCUT2D eigenvalue weighted by atomic mass is 9.93. The van der Waals surface area contributed by atoms with Crippen LogP contribution in [0.25, 0.3) is 16.7 Å². The van der Waals surface area contributed by atoms with Gasteiger partial charge in [-0.1, -0.05) is 17.3 Å². The number of aromatic nitrogens is 5. The van der Waals surface area contributed by atoms with Crippen molar-refractivity contribution in [3.05, 3.63) is 72.3 Å². The van der Waals surface area contributed by atoms with Gasteiger partial charge in [0.2, 0.25) is 0 Å². The maximum absolute atomic E-state index is 12.9. The summed E-state index contributed by atoms with van der Waals surface area (Å²) in [5, 5.41) is 7.78. The summed E-state index contributed by atoms with van der Waals surface area (Å²) in [6.07, 6.45) is 6.35. The summed E-state index contributed by atoms with van der Waals surface area (Å²) in [5.41, 5.74) is 3.71. The van der Waals surface area contributed by atoms with Crippen molar-refractivity contribution in [2.45, 2.75) is 19.3 Å². The first kappa shape index (κ1) is 17.6. The summed E-state index contributed by atoms with van der Waals surface area (Å²) in [4.78, 5) is 22.9. The van der Waals surface area contributed by atoms with Gasteiger partial charge in [-0.3, -0.25) is 4.79 Å². The van der Waals surface area contributed by atoms with Crippen LogP contribution in [0.15, 0.2) is 60.9 Å². The van der Waals surface area contributed by atoms with E-state index < -0.39 is 0 Å². The van der Waals surface area contributed by atoms with Gasteiger partial charge < -0.3 is 9.88 Å². The molecule has 1 fully saturated rings. The fourth-order valence-corrected chi connectivity index (χ4v) is 4.00. The molecule has 146 valence electrons. The Morgan fingerprint density at radius 3 is 2.59 bits per heavy atom. The third-order valence-corrected chi connectivity index (χ3v) is 5.62. The van der Waals surface area contributed by atoms with Gasteiger partial charge >= 0.3 is 0 Å². The Morgan fingerprint density at radius 1 is 1.07 bits per heavy atom. The molecular weight excluding hydrogens is 364 g/mol. The van der Waals surface area contributed by atoms with E-state index in [1.54, 1.807) is 17.1 Å². The summed E-state index contributed by atoms with van der Waals surface area (Å²) < 4.78 is 1.68. The highest BCUT2D eigenvalue weighted by molar-refractivity contribution is 5.94. The highest BCUT2D eigenvalue weighted by Crippen LogP contribution is 2.23. The molecule has 1 amide bonds. The number of benzene rings is 2. The smallest absolute Gasteiger partial charge is 0.253 e. The van der Waals surface area contributed by atoms with Gasteiger partial charge in [-0.05, 0) is 55.2 Å². The van der Waals surface area contributed by atoms with Crippen LogP contribution in [0.2, 0.25) is 0 Å². The molecule has 2 aromatic heterocycles. The van der Waals surface area contributed by atoms with E-state index in [0.717, 1.165) is 54.9 Å². The van der Waals surface area contributed by atoms with Crippen LogP contribution >= 0.6 is 0 Å². The minimum Gasteiger partial charge on any atom is -0.342 e. The highest BCUT2D eigenvalue weighted by atomic mass is 16.2. The number of nitrogens with zero attached hydrogens (tertiary/aromatic N) is 5. The van der Waals surface area contributed by atoms with E-state index in [0.29, 0.717) is 11.5 Å². The molecule has 2 aromatic carbocycles. The SMILES string of the molecule is O=C(c1ccc(-n2ccnn2)cc1)N1CCC(Cc2nc3ccccc3[nH]2)CC1. The van der Waals surface area contributed by atoms with Gasteiger partial charge in [0.15, 0.2) is 0 Å². The van der Waals surface area contributed by atoms with Crippen LogP contribution in [-0.4, -0.2) is 48.9 Å². The van der Waals surface area contributed by atoms with Crippen LogP contribution in [0, 0.1) is 5.92 Å². The molecule has 0 saturated carbocycles. The second kappa shape index (κ2) is 7.50. The van der Waals surface area contributed by atoms with Crippen LogP contribution in [0.5, 0.6) is 0 Å². The van der Waals surface area contributed by atoms with E-state index in [1.807, 2.05) is 47.4 Å². The Labute approximate surface area is 168 Å². The summed E-state index contributed by atoms with van der Waals surface area (Å²) >= 11 is 0. The number of hydrogen-bond donors (Lipinski definition) is 1. The normalized spacial score (nSPS) is 15.1. The average Bonchev–Trinajstić information content (AvgIpc) is 3.43. The Hall–Kier alpha value is -3.48. The van der Waals surface area contributed by atoms with Gasteiger partial charge in [0.25, 0.3) is 5.91 Å². The van der Waals surface area contributed by atoms with Crippen molar-refractivity contribution in [1.82, 2.24) is 29.9 Å². The molecule has 5 rings (SSSR count). The molecule has 1 saturated heterocycles. The van der Waals surface area contributed by atoms with E-state index in [1.165, 1.54) is 0 Å². The van der Waals surface area contributed by atoms with Gasteiger partial charge in [-0.25, -0.2) is 9.67 Å². The zero-order valence-electron chi connectivity index (χ0n) is 16.0. The first-order chi connectivity index (χ1) is 14.3. The van der Waals surface area contributed by atoms with Crippen molar-refractivity contribution >= 4 is 16.9 Å². The lowest BCUT2D eigenvalue weighted by molar-refractivity contribution is 0.0690. The van der Waals surface area contributed by atoms with Crippen molar-refractivity contribution in [2.24, 2.45) is 5.92 Å². The van der Waals surface area contributed by atoms with Gasteiger partial charge in [-0.2, -0.15) is 0 Å². The third kappa shape index (κ3) is 3.63. The van der Waals surface area contributed by atoms with E-state index in [-0.39, 0.29) is 5.91 Å². The Kier molecular flexibility index (Phi) is 4.56. The fourth-order valence-electron chi connectivity index (χ4n) is 4.00. The summed E-state index contributed by atoms with van der Waals surface area (Å²) in [7, 11) is 0. The fraction of sp³-hybridized carbons (Fsp3) is 0.273. The lowest BCUT2D eigenvalue weighted by Crippen LogP contribution is -2.39. The first-order valence-electron chi connectivity index (χ1n) is 9.96. The number of hydrogen-bond acceptors (Lipinski definition) is 4. The molecule has 1 aliphatic heterocycles. The highest BCUT2D eigenvalue weighted by Gasteiger charge is 2.24. The number of para-hydroxylation sites is 2. The number of likely N-dealkylation sites (tertiary alicyclic amines) is 1. The van der Waals surface area contributed by atoms with Crippen molar-refractivity contribution < 1.29 is 4.79 Å².